The Bertz CT molecular complexity index is 471. The largest absolute Gasteiger partial charge is 0.396 e. The number of benzene rings is 1. The number of carbonyl (C=O) groups excluding carboxylic acids is 2. The Kier molecular flexibility index (Phi) is 6.97. The van der Waals surface area contributed by atoms with Crippen LogP contribution in [0.1, 0.15) is 12.0 Å². The summed E-state index contributed by atoms with van der Waals surface area (Å²) in [6, 6.07) is 4.53. The first-order valence-electron chi connectivity index (χ1n) is 6.08. The van der Waals surface area contributed by atoms with E-state index in [0.29, 0.717) is 19.4 Å². The summed E-state index contributed by atoms with van der Waals surface area (Å²) < 4.78 is 13.6. The Hall–Kier alpha value is -1.66. The highest BCUT2D eigenvalue weighted by atomic mass is 35.5. The molecule has 0 bridgehead atoms. The molecule has 0 fully saturated rings. The first kappa shape index (κ1) is 16.4. The van der Waals surface area contributed by atoms with E-state index in [0.717, 1.165) is 0 Å². The maximum Gasteiger partial charge on any atom is 0.239 e. The predicted octanol–water partition coefficient (Wildman–Crippen LogP) is 0.936. The van der Waals surface area contributed by atoms with E-state index >= 15 is 0 Å². The van der Waals surface area contributed by atoms with Gasteiger partial charge in [-0.25, -0.2) is 4.39 Å². The van der Waals surface area contributed by atoms with Gasteiger partial charge in [0, 0.05) is 25.3 Å². The number of hydrogen-bond acceptors (Lipinski definition) is 3. The minimum absolute atomic E-state index is 0.00206. The molecule has 1 rings (SSSR count). The number of nitrogens with zero attached hydrogens (tertiary/aromatic N) is 1. The van der Waals surface area contributed by atoms with Crippen LogP contribution in [0.15, 0.2) is 18.2 Å². The lowest BCUT2D eigenvalue weighted by Gasteiger charge is -2.16. The highest BCUT2D eigenvalue weighted by Gasteiger charge is 2.10. The van der Waals surface area contributed by atoms with Crippen molar-refractivity contribution in [1.29, 1.82) is 0 Å². The van der Waals surface area contributed by atoms with Crippen LogP contribution in [0.2, 0.25) is 5.02 Å². The van der Waals surface area contributed by atoms with Crippen LogP contribution in [0.4, 0.5) is 4.39 Å². The molecule has 0 aromatic heterocycles. The summed E-state index contributed by atoms with van der Waals surface area (Å²) in [6.07, 6.45) is 0.935. The highest BCUT2D eigenvalue weighted by Crippen LogP contribution is 2.17. The van der Waals surface area contributed by atoms with Gasteiger partial charge in [-0.3, -0.25) is 9.59 Å². The van der Waals surface area contributed by atoms with E-state index in [4.69, 9.17) is 16.7 Å². The number of nitrogens with one attached hydrogen (secondary N) is 1. The molecular formula is C13H16ClFN2O3. The second-order valence-corrected chi connectivity index (χ2v) is 4.55. The van der Waals surface area contributed by atoms with Gasteiger partial charge in [-0.1, -0.05) is 23.7 Å². The Morgan fingerprint density at radius 3 is 2.90 bits per heavy atom. The van der Waals surface area contributed by atoms with E-state index in [2.05, 4.69) is 5.32 Å². The Morgan fingerprint density at radius 2 is 2.25 bits per heavy atom. The molecule has 2 amide bonds. The molecule has 1 aromatic rings. The van der Waals surface area contributed by atoms with E-state index in [1.807, 2.05) is 0 Å². The molecule has 0 radical (unpaired) electrons. The number of hydrogen-bond donors (Lipinski definition) is 2. The molecule has 0 aliphatic heterocycles. The summed E-state index contributed by atoms with van der Waals surface area (Å²) >= 11 is 5.63. The van der Waals surface area contributed by atoms with Crippen molar-refractivity contribution < 1.29 is 19.1 Å². The third-order valence-electron chi connectivity index (χ3n) is 2.61. The maximum atomic E-state index is 13.6. The second-order valence-electron chi connectivity index (χ2n) is 4.14. The summed E-state index contributed by atoms with van der Waals surface area (Å²) in [5.41, 5.74) is 0.277. The molecule has 0 spiro atoms. The summed E-state index contributed by atoms with van der Waals surface area (Å²) in [5.74, 6) is -0.976. The lowest BCUT2D eigenvalue weighted by Crippen LogP contribution is -2.37. The van der Waals surface area contributed by atoms with Crippen LogP contribution in [0.25, 0.3) is 0 Å². The van der Waals surface area contributed by atoms with Gasteiger partial charge in [-0.15, -0.1) is 0 Å². The van der Waals surface area contributed by atoms with E-state index in [9.17, 15) is 14.0 Å². The van der Waals surface area contributed by atoms with E-state index in [-0.39, 0.29) is 30.3 Å². The lowest BCUT2D eigenvalue weighted by atomic mass is 10.2. The first-order chi connectivity index (χ1) is 9.58. The maximum absolute atomic E-state index is 13.6. The molecule has 0 saturated heterocycles. The van der Waals surface area contributed by atoms with Crippen LogP contribution in [0, 0.1) is 5.82 Å². The standard InChI is InChI=1S/C13H16ClFN2O3/c14-11-4-1-3-10(13(11)15)7-16-12(20)8-17(9-19)5-2-6-18/h1,3-4,9,18H,2,5-8H2,(H,16,20). The van der Waals surface area contributed by atoms with Crippen LogP contribution in [0.3, 0.4) is 0 Å². The number of amides is 2. The van der Waals surface area contributed by atoms with E-state index in [1.54, 1.807) is 6.07 Å². The number of aliphatic hydroxyl groups is 1. The molecule has 2 N–H and O–H groups in total. The zero-order valence-corrected chi connectivity index (χ0v) is 11.6. The van der Waals surface area contributed by atoms with Crippen molar-refractivity contribution in [1.82, 2.24) is 10.2 Å². The quantitative estimate of drug-likeness (QED) is 0.702. The first-order valence-corrected chi connectivity index (χ1v) is 6.46. The lowest BCUT2D eigenvalue weighted by molar-refractivity contribution is -0.128. The van der Waals surface area contributed by atoms with Gasteiger partial charge in [0.25, 0.3) is 0 Å². The van der Waals surface area contributed by atoms with Crippen LogP contribution in [0.5, 0.6) is 0 Å². The smallest absolute Gasteiger partial charge is 0.239 e. The minimum atomic E-state index is -0.568. The number of halogens is 2. The minimum Gasteiger partial charge on any atom is -0.396 e. The van der Waals surface area contributed by atoms with Crippen molar-refractivity contribution in [3.8, 4) is 0 Å². The van der Waals surface area contributed by atoms with Gasteiger partial charge in [-0.2, -0.15) is 0 Å². The summed E-state index contributed by atoms with van der Waals surface area (Å²) in [6.45, 7) is 0.0994. The van der Waals surface area contributed by atoms with Gasteiger partial charge in [0.2, 0.25) is 12.3 Å². The topological polar surface area (TPSA) is 69.6 Å². The molecular weight excluding hydrogens is 287 g/mol. The molecule has 0 heterocycles. The van der Waals surface area contributed by atoms with Crippen LogP contribution < -0.4 is 5.32 Å². The molecule has 7 heteroatoms. The summed E-state index contributed by atoms with van der Waals surface area (Å²) in [5, 5.41) is 11.2. The number of rotatable bonds is 8. The Balaban J connectivity index is 2.46. The van der Waals surface area contributed by atoms with Crippen molar-refractivity contribution in [2.24, 2.45) is 0 Å². The predicted molar refractivity (Wildman–Crippen MR) is 72.6 cm³/mol. The SMILES string of the molecule is O=CN(CCCO)CC(=O)NCc1cccc(Cl)c1F. The molecule has 5 nitrogen and oxygen atoms in total. The van der Waals surface area contributed by atoms with Crippen molar-refractivity contribution in [3.63, 3.8) is 0 Å². The van der Waals surface area contributed by atoms with Crippen molar-refractivity contribution in [3.05, 3.63) is 34.6 Å². The van der Waals surface area contributed by atoms with E-state index < -0.39 is 11.7 Å². The van der Waals surface area contributed by atoms with E-state index in [1.165, 1.54) is 17.0 Å². The monoisotopic (exact) mass is 302 g/mol. The third-order valence-corrected chi connectivity index (χ3v) is 2.90. The summed E-state index contributed by atoms with van der Waals surface area (Å²) in [4.78, 5) is 23.6. The van der Waals surface area contributed by atoms with Gasteiger partial charge in [0.15, 0.2) is 0 Å². The molecule has 0 aliphatic carbocycles. The molecule has 0 saturated carbocycles. The van der Waals surface area contributed by atoms with Gasteiger partial charge in [0.05, 0.1) is 11.6 Å². The normalized spacial score (nSPS) is 10.2. The summed E-state index contributed by atoms with van der Waals surface area (Å²) in [7, 11) is 0. The average Bonchev–Trinajstić information content (AvgIpc) is 2.45. The molecule has 20 heavy (non-hydrogen) atoms. The number of aliphatic hydroxyl groups excluding tert-OH is 1. The fourth-order valence-electron chi connectivity index (χ4n) is 1.56. The molecule has 0 atom stereocenters. The van der Waals surface area contributed by atoms with Gasteiger partial charge >= 0.3 is 0 Å². The molecule has 110 valence electrons. The molecule has 0 aliphatic rings. The van der Waals surface area contributed by atoms with Crippen molar-refractivity contribution in [2.45, 2.75) is 13.0 Å². The third kappa shape index (κ3) is 5.14. The van der Waals surface area contributed by atoms with Crippen molar-refractivity contribution >= 4 is 23.9 Å². The molecule has 0 unspecified atom stereocenters. The fraction of sp³-hybridized carbons (Fsp3) is 0.385. The van der Waals surface area contributed by atoms with Gasteiger partial charge < -0.3 is 15.3 Å². The number of carbonyl (C=O) groups is 2. The zero-order chi connectivity index (χ0) is 15.0. The van der Waals surface area contributed by atoms with Gasteiger partial charge in [-0.05, 0) is 12.5 Å². The second kappa shape index (κ2) is 8.50. The van der Waals surface area contributed by atoms with Gasteiger partial charge in [0.1, 0.15) is 5.82 Å². The van der Waals surface area contributed by atoms with Crippen molar-refractivity contribution in [2.75, 3.05) is 19.7 Å². The van der Waals surface area contributed by atoms with Crippen LogP contribution >= 0.6 is 11.6 Å². The fourth-order valence-corrected chi connectivity index (χ4v) is 1.76. The average molecular weight is 303 g/mol. The van der Waals surface area contributed by atoms with Crippen LogP contribution in [-0.2, 0) is 16.1 Å². The Labute approximate surface area is 121 Å². The van der Waals surface area contributed by atoms with Crippen LogP contribution in [-0.4, -0.2) is 42.0 Å². The zero-order valence-electron chi connectivity index (χ0n) is 10.8. The Morgan fingerprint density at radius 1 is 1.50 bits per heavy atom. The molecule has 1 aromatic carbocycles. The highest BCUT2D eigenvalue weighted by molar-refractivity contribution is 6.30.